The van der Waals surface area contributed by atoms with Gasteiger partial charge >= 0.3 is 29.6 Å². The molecule has 7 nitrogen and oxygen atoms in total. The van der Waals surface area contributed by atoms with E-state index in [1.807, 2.05) is 0 Å². The Labute approximate surface area is 151 Å². The van der Waals surface area contributed by atoms with Crippen molar-refractivity contribution in [1.82, 2.24) is 0 Å². The van der Waals surface area contributed by atoms with Crippen molar-refractivity contribution in [2.45, 2.75) is 0 Å². The first-order chi connectivity index (χ1) is 10.4. The van der Waals surface area contributed by atoms with Crippen LogP contribution < -0.4 is 35.0 Å². The molecule has 112 valence electrons. The van der Waals surface area contributed by atoms with Crippen LogP contribution in [-0.4, -0.2) is 25.5 Å². The fourth-order valence-electron chi connectivity index (χ4n) is 2.14. The van der Waals surface area contributed by atoms with E-state index >= 15 is 0 Å². The van der Waals surface area contributed by atoms with E-state index in [1.165, 1.54) is 6.07 Å². The minimum atomic E-state index is -0.888. The van der Waals surface area contributed by atoms with E-state index in [2.05, 4.69) is 0 Å². The van der Waals surface area contributed by atoms with Crippen molar-refractivity contribution in [3.63, 3.8) is 0 Å². The molecule has 3 rings (SSSR count). The topological polar surface area (TPSA) is 131 Å². The monoisotopic (exact) mass is 325 g/mol. The zero-order valence-corrected chi connectivity index (χ0v) is 13.9. The predicted octanol–water partition coefficient (Wildman–Crippen LogP) is -1.01. The fraction of sp³-hybridized carbons (Fsp3) is 0. The Balaban J connectivity index is 0.00000192. The van der Waals surface area contributed by atoms with Crippen LogP contribution in [0.5, 0.6) is 28.7 Å². The summed E-state index contributed by atoms with van der Waals surface area (Å²) < 4.78 is 5.35. The molecular weight excluding hydrogens is 315 g/mol. The van der Waals surface area contributed by atoms with Crippen LogP contribution in [0.15, 0.2) is 39.5 Å². The normalized spacial score (nSPS) is 10.4. The molecule has 1 heterocycles. The number of aromatic hydroxyl groups is 5. The second-order valence-corrected chi connectivity index (χ2v) is 4.65. The second-order valence-electron chi connectivity index (χ2n) is 4.65. The summed E-state index contributed by atoms with van der Waals surface area (Å²) >= 11 is 0. The Bertz CT molecular complexity index is 962. The average Bonchev–Trinajstić information content (AvgIpc) is 2.45. The van der Waals surface area contributed by atoms with Gasteiger partial charge < -0.3 is 29.9 Å². The average molecular weight is 325 g/mol. The van der Waals surface area contributed by atoms with Gasteiger partial charge in [0.15, 0.2) is 17.3 Å². The summed E-state index contributed by atoms with van der Waals surface area (Å²) in [6.07, 6.45) is 0. The first-order valence-electron chi connectivity index (χ1n) is 6.12. The Morgan fingerprint density at radius 1 is 0.826 bits per heavy atom. The number of phenolic OH excluding ortho intramolecular Hbond substituents is 4. The molecule has 23 heavy (non-hydrogen) atoms. The molecular formula is C15H10NaO7+. The molecule has 0 fully saturated rings. The number of fused-ring (bicyclic) bond motifs is 1. The summed E-state index contributed by atoms with van der Waals surface area (Å²) in [6.45, 7) is 0. The molecule has 0 radical (unpaired) electrons. The van der Waals surface area contributed by atoms with E-state index in [1.54, 1.807) is 0 Å². The Morgan fingerprint density at radius 2 is 1.52 bits per heavy atom. The maximum Gasteiger partial charge on any atom is 1.00 e. The van der Waals surface area contributed by atoms with E-state index in [0.29, 0.717) is 0 Å². The molecule has 2 aromatic carbocycles. The number of phenols is 4. The van der Waals surface area contributed by atoms with Crippen molar-refractivity contribution in [2.75, 3.05) is 0 Å². The maximum atomic E-state index is 12.1. The number of rotatable bonds is 1. The molecule has 0 unspecified atom stereocenters. The fourth-order valence-corrected chi connectivity index (χ4v) is 2.14. The first-order valence-corrected chi connectivity index (χ1v) is 6.12. The van der Waals surface area contributed by atoms with E-state index in [4.69, 9.17) is 4.42 Å². The Hall–Kier alpha value is -2.35. The third-order valence-electron chi connectivity index (χ3n) is 3.17. The summed E-state index contributed by atoms with van der Waals surface area (Å²) in [5.41, 5.74) is -0.890. The predicted molar refractivity (Wildman–Crippen MR) is 76.2 cm³/mol. The maximum absolute atomic E-state index is 12.1. The van der Waals surface area contributed by atoms with Gasteiger partial charge in [0.1, 0.15) is 22.5 Å². The van der Waals surface area contributed by atoms with Crippen LogP contribution >= 0.6 is 0 Å². The van der Waals surface area contributed by atoms with Gasteiger partial charge in [0.05, 0.1) is 0 Å². The van der Waals surface area contributed by atoms with Crippen LogP contribution in [-0.2, 0) is 0 Å². The van der Waals surface area contributed by atoms with E-state index in [9.17, 15) is 30.3 Å². The van der Waals surface area contributed by atoms with Gasteiger partial charge in [-0.25, -0.2) is 0 Å². The van der Waals surface area contributed by atoms with E-state index in [0.717, 1.165) is 24.3 Å². The zero-order chi connectivity index (χ0) is 16.0. The molecule has 0 aliphatic carbocycles. The third kappa shape index (κ3) is 2.81. The SMILES string of the molecule is O=c1c(O)c(-c2ccc(O)c(O)c2)oc2cc(O)cc(O)c12.[Na+]. The van der Waals surface area contributed by atoms with Gasteiger partial charge in [-0.1, -0.05) is 0 Å². The standard InChI is InChI=1S/C15H10O7.Na/c16-7-4-10(19)12-11(5-7)22-15(14(21)13(12)20)6-1-2-8(17)9(18)3-6;/h1-5,16-19,21H;/q;+1. The van der Waals surface area contributed by atoms with Gasteiger partial charge in [0, 0.05) is 17.7 Å². The minimum absolute atomic E-state index is 0. The molecule has 8 heteroatoms. The number of benzene rings is 2. The molecule has 0 spiro atoms. The van der Waals surface area contributed by atoms with Crippen LogP contribution in [0.1, 0.15) is 0 Å². The molecule has 1 aromatic heterocycles. The van der Waals surface area contributed by atoms with Crippen molar-refractivity contribution < 1.29 is 59.5 Å². The molecule has 5 N–H and O–H groups in total. The van der Waals surface area contributed by atoms with Crippen LogP contribution in [0, 0.1) is 0 Å². The number of hydrogen-bond acceptors (Lipinski definition) is 7. The third-order valence-corrected chi connectivity index (χ3v) is 3.17. The minimum Gasteiger partial charge on any atom is -0.508 e. The van der Waals surface area contributed by atoms with Crippen LogP contribution in [0.3, 0.4) is 0 Å². The number of hydrogen-bond donors (Lipinski definition) is 5. The summed E-state index contributed by atoms with van der Waals surface area (Å²) in [7, 11) is 0. The summed E-state index contributed by atoms with van der Waals surface area (Å²) in [5.74, 6) is -2.71. The Kier molecular flexibility index (Phi) is 4.46. The molecule has 0 aliphatic heterocycles. The molecule has 0 bridgehead atoms. The van der Waals surface area contributed by atoms with Crippen molar-refractivity contribution in [2.24, 2.45) is 0 Å². The van der Waals surface area contributed by atoms with E-state index < -0.39 is 22.7 Å². The summed E-state index contributed by atoms with van der Waals surface area (Å²) in [4.78, 5) is 12.1. The van der Waals surface area contributed by atoms with Crippen molar-refractivity contribution in [3.8, 4) is 40.1 Å². The van der Waals surface area contributed by atoms with Crippen molar-refractivity contribution in [3.05, 3.63) is 40.6 Å². The van der Waals surface area contributed by atoms with Gasteiger partial charge in [-0.2, -0.15) is 0 Å². The van der Waals surface area contributed by atoms with Crippen molar-refractivity contribution >= 4 is 11.0 Å². The van der Waals surface area contributed by atoms with Gasteiger partial charge in [-0.15, -0.1) is 0 Å². The van der Waals surface area contributed by atoms with Gasteiger partial charge in [0.25, 0.3) is 0 Å². The molecule has 0 atom stereocenters. The quantitative estimate of drug-likeness (QED) is 0.286. The van der Waals surface area contributed by atoms with Crippen LogP contribution in [0.25, 0.3) is 22.3 Å². The first kappa shape index (κ1) is 17.0. The van der Waals surface area contributed by atoms with E-state index in [-0.39, 0.29) is 63.3 Å². The summed E-state index contributed by atoms with van der Waals surface area (Å²) in [5, 5.41) is 47.6. The van der Waals surface area contributed by atoms with Gasteiger partial charge in [-0.05, 0) is 18.2 Å². The van der Waals surface area contributed by atoms with Crippen molar-refractivity contribution in [1.29, 1.82) is 0 Å². The van der Waals surface area contributed by atoms with Gasteiger partial charge in [-0.3, -0.25) is 4.79 Å². The largest absolute Gasteiger partial charge is 1.00 e. The molecule has 0 saturated carbocycles. The molecule has 3 aromatic rings. The smallest absolute Gasteiger partial charge is 0.508 e. The molecule has 0 saturated heterocycles. The van der Waals surface area contributed by atoms with Gasteiger partial charge in [0.2, 0.25) is 11.2 Å². The Morgan fingerprint density at radius 3 is 2.17 bits per heavy atom. The second kappa shape index (κ2) is 6.04. The summed E-state index contributed by atoms with van der Waals surface area (Å²) in [6, 6.07) is 5.64. The van der Waals surface area contributed by atoms with Crippen LogP contribution in [0.4, 0.5) is 0 Å². The van der Waals surface area contributed by atoms with Crippen LogP contribution in [0.2, 0.25) is 0 Å². The molecule has 0 aliphatic rings. The zero-order valence-electron chi connectivity index (χ0n) is 11.9. The molecule has 0 amide bonds.